The van der Waals surface area contributed by atoms with E-state index in [1.165, 1.54) is 24.3 Å². The number of alkyl carbamates (subject to hydrolysis) is 1. The van der Waals surface area contributed by atoms with Gasteiger partial charge in [0.1, 0.15) is 17.7 Å². The van der Waals surface area contributed by atoms with Crippen LogP contribution in [0.4, 0.5) is 4.79 Å². The van der Waals surface area contributed by atoms with Crippen LogP contribution in [-0.2, 0) is 9.53 Å². The van der Waals surface area contributed by atoms with Gasteiger partial charge in [0, 0.05) is 12.1 Å². The fourth-order valence-corrected chi connectivity index (χ4v) is 6.86. The standard InChI is InChI=1S/C37H41N7O3/c1-22(2)33(43-37(46)47-3)36(45)44-17-5-7-32(44)35-40-20-30(42-35)24-10-8-23(9-11-24)25-12-13-27-19-28(15-14-26(27)18-25)31-21-39-34(41-31)29-6-4-16-38-29/h8-15,18-22,29,32-33,38H,4-7,16-17H2,1-3H3,(H,39,41)(H,40,42)(H,43,46)/t29-,32-,33-/m0/s1. The number of nitrogens with one attached hydrogen (secondary N) is 4. The molecule has 0 radical (unpaired) electrons. The van der Waals surface area contributed by atoms with Gasteiger partial charge in [0.05, 0.1) is 43.0 Å². The molecule has 4 N–H and O–H groups in total. The molecule has 0 bridgehead atoms. The molecule has 2 aromatic heterocycles. The number of carbonyl (C=O) groups is 2. The Labute approximate surface area is 274 Å². The van der Waals surface area contributed by atoms with Crippen molar-refractivity contribution in [2.45, 2.75) is 57.7 Å². The maximum Gasteiger partial charge on any atom is 0.407 e. The second-order valence-corrected chi connectivity index (χ2v) is 12.9. The second-order valence-electron chi connectivity index (χ2n) is 12.9. The van der Waals surface area contributed by atoms with E-state index in [4.69, 9.17) is 4.74 Å². The molecule has 0 saturated carbocycles. The summed E-state index contributed by atoms with van der Waals surface area (Å²) in [6, 6.07) is 21.1. The highest BCUT2D eigenvalue weighted by molar-refractivity contribution is 5.90. The Hall–Kier alpha value is -4.96. The van der Waals surface area contributed by atoms with Gasteiger partial charge in [0.25, 0.3) is 0 Å². The lowest BCUT2D eigenvalue weighted by Gasteiger charge is -2.30. The van der Waals surface area contributed by atoms with Gasteiger partial charge in [-0.25, -0.2) is 14.8 Å². The smallest absolute Gasteiger partial charge is 0.407 e. The summed E-state index contributed by atoms with van der Waals surface area (Å²) in [5, 5.41) is 8.58. The maximum absolute atomic E-state index is 13.5. The molecular formula is C37H41N7O3. The summed E-state index contributed by atoms with van der Waals surface area (Å²) < 4.78 is 4.75. The monoisotopic (exact) mass is 631 g/mol. The van der Waals surface area contributed by atoms with Crippen LogP contribution in [0.5, 0.6) is 0 Å². The Morgan fingerprint density at radius 1 is 0.830 bits per heavy atom. The third-order valence-corrected chi connectivity index (χ3v) is 9.50. The van der Waals surface area contributed by atoms with Crippen LogP contribution in [0.25, 0.3) is 44.4 Å². The summed E-state index contributed by atoms with van der Waals surface area (Å²) in [6.07, 6.45) is 7.16. The molecule has 10 nitrogen and oxygen atoms in total. The Bertz CT molecular complexity index is 1890. The fourth-order valence-electron chi connectivity index (χ4n) is 6.86. The molecule has 0 spiro atoms. The molecule has 7 rings (SSSR count). The highest BCUT2D eigenvalue weighted by Crippen LogP contribution is 2.34. The highest BCUT2D eigenvalue weighted by atomic mass is 16.5. The molecule has 4 heterocycles. The van der Waals surface area contributed by atoms with Crippen LogP contribution in [0.15, 0.2) is 73.1 Å². The van der Waals surface area contributed by atoms with Gasteiger partial charge in [-0.15, -0.1) is 0 Å². The first-order valence-electron chi connectivity index (χ1n) is 16.5. The molecular weight excluding hydrogens is 590 g/mol. The quantitative estimate of drug-likeness (QED) is 0.150. The normalized spacial score (nSPS) is 18.6. The van der Waals surface area contributed by atoms with Gasteiger partial charge in [-0.3, -0.25) is 4.79 Å². The van der Waals surface area contributed by atoms with Crippen LogP contribution in [0, 0.1) is 5.92 Å². The first kappa shape index (κ1) is 30.7. The first-order chi connectivity index (χ1) is 22.9. The number of nitrogens with zero attached hydrogens (tertiary/aromatic N) is 3. The lowest BCUT2D eigenvalue weighted by atomic mass is 9.98. The van der Waals surface area contributed by atoms with E-state index in [1.54, 1.807) is 0 Å². The molecule has 47 heavy (non-hydrogen) atoms. The molecule has 2 fully saturated rings. The zero-order valence-corrected chi connectivity index (χ0v) is 27.0. The number of hydrogen-bond acceptors (Lipinski definition) is 6. The SMILES string of the molecule is COC(=O)N[C@H](C(=O)N1CCC[C@H]1c1ncc(-c2ccc(-c3ccc4cc(-c5cnc([C@@H]6CCCN6)[nH]5)ccc4c3)cc2)[nH]1)C(C)C. The molecule has 2 aliphatic heterocycles. The number of methoxy groups -OCH3 is 1. The van der Waals surface area contributed by atoms with E-state index in [0.29, 0.717) is 12.6 Å². The molecule has 2 aliphatic rings. The number of amides is 2. The Kier molecular flexibility index (Phi) is 8.51. The van der Waals surface area contributed by atoms with Gasteiger partial charge >= 0.3 is 6.09 Å². The van der Waals surface area contributed by atoms with Crippen molar-refractivity contribution in [1.82, 2.24) is 35.5 Å². The summed E-state index contributed by atoms with van der Waals surface area (Å²) >= 11 is 0. The van der Waals surface area contributed by atoms with Crippen molar-refractivity contribution in [2.24, 2.45) is 5.92 Å². The molecule has 5 aromatic rings. The van der Waals surface area contributed by atoms with Crippen molar-refractivity contribution in [3.8, 4) is 33.6 Å². The number of carbonyl (C=O) groups excluding carboxylic acids is 2. The summed E-state index contributed by atoms with van der Waals surface area (Å²) in [4.78, 5) is 43.5. The van der Waals surface area contributed by atoms with Crippen LogP contribution in [0.2, 0.25) is 0 Å². The number of imidazole rings is 2. The van der Waals surface area contributed by atoms with Gasteiger partial charge in [-0.1, -0.05) is 62.4 Å². The van der Waals surface area contributed by atoms with Crippen LogP contribution >= 0.6 is 0 Å². The number of fused-ring (bicyclic) bond motifs is 1. The molecule has 0 aliphatic carbocycles. The van der Waals surface area contributed by atoms with Gasteiger partial charge in [-0.05, 0) is 77.7 Å². The average Bonchev–Trinajstić information content (AvgIpc) is 3.93. The predicted octanol–water partition coefficient (Wildman–Crippen LogP) is 6.76. The summed E-state index contributed by atoms with van der Waals surface area (Å²) in [6.45, 7) is 5.50. The third-order valence-electron chi connectivity index (χ3n) is 9.50. The van der Waals surface area contributed by atoms with Crippen molar-refractivity contribution in [3.63, 3.8) is 0 Å². The maximum atomic E-state index is 13.5. The van der Waals surface area contributed by atoms with E-state index in [2.05, 4.69) is 91.2 Å². The predicted molar refractivity (Wildman–Crippen MR) is 182 cm³/mol. The highest BCUT2D eigenvalue weighted by Gasteiger charge is 2.37. The zero-order chi connectivity index (χ0) is 32.5. The number of H-pyrrole nitrogens is 2. The molecule has 10 heteroatoms. The van der Waals surface area contributed by atoms with Crippen molar-refractivity contribution < 1.29 is 14.3 Å². The van der Waals surface area contributed by atoms with E-state index in [-0.39, 0.29) is 17.9 Å². The number of aromatic nitrogens is 4. The zero-order valence-electron chi connectivity index (χ0n) is 27.0. The van der Waals surface area contributed by atoms with Gasteiger partial charge < -0.3 is 30.2 Å². The van der Waals surface area contributed by atoms with E-state index in [1.807, 2.05) is 31.1 Å². The lowest BCUT2D eigenvalue weighted by Crippen LogP contribution is -2.51. The number of likely N-dealkylation sites (tertiary alicyclic amines) is 1. The largest absolute Gasteiger partial charge is 0.453 e. The number of rotatable bonds is 8. The minimum Gasteiger partial charge on any atom is -0.453 e. The van der Waals surface area contributed by atoms with Crippen LogP contribution in [-0.4, -0.2) is 63.1 Å². The second kappa shape index (κ2) is 13.0. The minimum atomic E-state index is -0.661. The van der Waals surface area contributed by atoms with E-state index >= 15 is 0 Å². The third kappa shape index (κ3) is 6.25. The van der Waals surface area contributed by atoms with Crippen LogP contribution in [0.1, 0.15) is 63.3 Å². The van der Waals surface area contributed by atoms with Crippen molar-refractivity contribution in [3.05, 3.63) is 84.7 Å². The molecule has 3 aromatic carbocycles. The molecule has 2 saturated heterocycles. The van der Waals surface area contributed by atoms with Crippen LogP contribution in [0.3, 0.4) is 0 Å². The number of hydrogen-bond donors (Lipinski definition) is 4. The van der Waals surface area contributed by atoms with Crippen molar-refractivity contribution in [1.29, 1.82) is 0 Å². The first-order valence-corrected chi connectivity index (χ1v) is 16.5. The molecule has 2 amide bonds. The van der Waals surface area contributed by atoms with E-state index in [0.717, 1.165) is 71.1 Å². The molecule has 3 atom stereocenters. The van der Waals surface area contributed by atoms with Crippen molar-refractivity contribution in [2.75, 3.05) is 20.2 Å². The van der Waals surface area contributed by atoms with Gasteiger partial charge in [0.15, 0.2) is 0 Å². The number of ether oxygens (including phenoxy) is 1. The number of aromatic amines is 2. The summed E-state index contributed by atoms with van der Waals surface area (Å²) in [7, 11) is 1.30. The average molecular weight is 632 g/mol. The minimum absolute atomic E-state index is 0.0805. The fraction of sp³-hybridized carbons (Fsp3) is 0.351. The summed E-state index contributed by atoms with van der Waals surface area (Å²) in [5.41, 5.74) is 6.38. The Balaban J connectivity index is 1.05. The van der Waals surface area contributed by atoms with E-state index in [9.17, 15) is 9.59 Å². The van der Waals surface area contributed by atoms with E-state index < -0.39 is 12.1 Å². The van der Waals surface area contributed by atoms with Gasteiger partial charge in [-0.2, -0.15) is 0 Å². The Morgan fingerprint density at radius 3 is 2.17 bits per heavy atom. The topological polar surface area (TPSA) is 128 Å². The Morgan fingerprint density at radius 2 is 1.47 bits per heavy atom. The molecule has 0 unspecified atom stereocenters. The molecule has 242 valence electrons. The van der Waals surface area contributed by atoms with Crippen LogP contribution < -0.4 is 10.6 Å². The summed E-state index contributed by atoms with van der Waals surface area (Å²) in [5.74, 6) is 1.58. The lowest BCUT2D eigenvalue weighted by molar-refractivity contribution is -0.135. The van der Waals surface area contributed by atoms with Gasteiger partial charge in [0.2, 0.25) is 5.91 Å². The number of benzene rings is 3. The van der Waals surface area contributed by atoms with Crippen molar-refractivity contribution >= 4 is 22.8 Å².